The quantitative estimate of drug-likeness (QED) is 0.578. The Hall–Kier alpha value is -2.04. The summed E-state index contributed by atoms with van der Waals surface area (Å²) in [5, 5.41) is 0. The Bertz CT molecular complexity index is 710. The Morgan fingerprint density at radius 3 is 2.54 bits per heavy atom. The zero-order valence-electron chi connectivity index (χ0n) is 16.3. The molecule has 0 unspecified atom stereocenters. The number of esters is 1. The summed E-state index contributed by atoms with van der Waals surface area (Å²) in [7, 11) is 3.35. The fourth-order valence-corrected chi connectivity index (χ4v) is 4.38. The second-order valence-electron chi connectivity index (χ2n) is 7.15. The number of fused-ring (bicyclic) bond motifs is 2. The molecule has 0 saturated carbocycles. The summed E-state index contributed by atoms with van der Waals surface area (Å²) in [5.74, 6) is 2.34. The summed E-state index contributed by atoms with van der Waals surface area (Å²) in [6, 6.07) is 4.20. The SMILES string of the molecule is CCOC(=O)C[C@@H]1CC2=[N+](CCc3cc(OC)c(OC)cc32)C[C@H]1CC. The highest BCUT2D eigenvalue weighted by molar-refractivity contribution is 6.00. The van der Waals surface area contributed by atoms with Crippen molar-refractivity contribution >= 4 is 11.7 Å². The smallest absolute Gasteiger partial charge is 0.306 e. The first-order chi connectivity index (χ1) is 12.6. The minimum atomic E-state index is -0.0756. The van der Waals surface area contributed by atoms with Gasteiger partial charge in [0.2, 0.25) is 0 Å². The van der Waals surface area contributed by atoms with Gasteiger partial charge in [0.25, 0.3) is 0 Å². The molecular weight excluding hydrogens is 330 g/mol. The Labute approximate surface area is 156 Å². The summed E-state index contributed by atoms with van der Waals surface area (Å²) in [6.45, 7) is 6.58. The van der Waals surface area contributed by atoms with Crippen molar-refractivity contribution in [1.82, 2.24) is 0 Å². The third-order valence-electron chi connectivity index (χ3n) is 5.79. The van der Waals surface area contributed by atoms with Crippen molar-refractivity contribution in [3.63, 3.8) is 0 Å². The van der Waals surface area contributed by atoms with E-state index in [1.54, 1.807) is 14.2 Å². The highest BCUT2D eigenvalue weighted by Gasteiger charge is 2.39. The molecule has 2 heterocycles. The molecule has 0 amide bonds. The monoisotopic (exact) mass is 360 g/mol. The first-order valence-corrected chi connectivity index (χ1v) is 9.62. The Morgan fingerprint density at radius 2 is 1.88 bits per heavy atom. The summed E-state index contributed by atoms with van der Waals surface area (Å²) >= 11 is 0. The van der Waals surface area contributed by atoms with Crippen molar-refractivity contribution in [3.05, 3.63) is 23.3 Å². The molecule has 0 aliphatic carbocycles. The predicted octanol–water partition coefficient (Wildman–Crippen LogP) is 3.06. The van der Waals surface area contributed by atoms with E-state index in [2.05, 4.69) is 23.6 Å². The highest BCUT2D eigenvalue weighted by atomic mass is 16.5. The van der Waals surface area contributed by atoms with Gasteiger partial charge in [-0.15, -0.1) is 0 Å². The molecule has 5 nitrogen and oxygen atoms in total. The van der Waals surface area contributed by atoms with Gasteiger partial charge in [-0.25, -0.2) is 4.58 Å². The van der Waals surface area contributed by atoms with Crippen LogP contribution in [-0.2, 0) is 16.0 Å². The van der Waals surface area contributed by atoms with Crippen molar-refractivity contribution in [3.8, 4) is 11.5 Å². The number of hydrogen-bond donors (Lipinski definition) is 0. The Morgan fingerprint density at radius 1 is 1.15 bits per heavy atom. The number of nitrogens with zero attached hydrogens (tertiary/aromatic N) is 1. The van der Waals surface area contributed by atoms with Crippen LogP contribution in [-0.4, -0.2) is 50.2 Å². The zero-order chi connectivity index (χ0) is 18.7. The topological polar surface area (TPSA) is 47.8 Å². The fourth-order valence-electron chi connectivity index (χ4n) is 4.38. The van der Waals surface area contributed by atoms with Gasteiger partial charge in [-0.1, -0.05) is 6.92 Å². The van der Waals surface area contributed by atoms with Crippen LogP contribution in [0.2, 0.25) is 0 Å². The number of hydrogen-bond acceptors (Lipinski definition) is 4. The fraction of sp³-hybridized carbons (Fsp3) is 0.619. The van der Waals surface area contributed by atoms with Crippen LogP contribution in [0.5, 0.6) is 11.5 Å². The number of ether oxygens (including phenoxy) is 3. The van der Waals surface area contributed by atoms with Gasteiger partial charge >= 0.3 is 5.97 Å². The van der Waals surface area contributed by atoms with Gasteiger partial charge in [0.15, 0.2) is 17.2 Å². The normalized spacial score (nSPS) is 21.7. The van der Waals surface area contributed by atoms with Crippen molar-refractivity contribution in [2.45, 2.75) is 39.5 Å². The zero-order valence-corrected chi connectivity index (χ0v) is 16.3. The molecule has 0 spiro atoms. The van der Waals surface area contributed by atoms with Gasteiger partial charge in [0.1, 0.15) is 13.1 Å². The van der Waals surface area contributed by atoms with E-state index in [1.165, 1.54) is 16.8 Å². The van der Waals surface area contributed by atoms with E-state index in [0.29, 0.717) is 24.9 Å². The maximum atomic E-state index is 12.1. The molecule has 0 bridgehead atoms. The first kappa shape index (κ1) is 18.7. The van der Waals surface area contributed by atoms with Crippen LogP contribution >= 0.6 is 0 Å². The molecule has 26 heavy (non-hydrogen) atoms. The highest BCUT2D eigenvalue weighted by Crippen LogP contribution is 2.37. The number of carbonyl (C=O) groups is 1. The number of methoxy groups -OCH3 is 2. The van der Waals surface area contributed by atoms with E-state index in [4.69, 9.17) is 14.2 Å². The van der Waals surface area contributed by atoms with Crippen LogP contribution in [0.25, 0.3) is 0 Å². The van der Waals surface area contributed by atoms with Gasteiger partial charge in [-0.2, -0.15) is 0 Å². The summed E-state index contributed by atoms with van der Waals surface area (Å²) in [5.41, 5.74) is 3.89. The Kier molecular flexibility index (Phi) is 5.84. The van der Waals surface area contributed by atoms with Gasteiger partial charge in [0.05, 0.1) is 20.8 Å². The van der Waals surface area contributed by atoms with Crippen LogP contribution in [0.3, 0.4) is 0 Å². The molecule has 0 N–H and O–H groups in total. The molecule has 0 aromatic heterocycles. The molecule has 1 aromatic carbocycles. The average molecular weight is 360 g/mol. The minimum absolute atomic E-state index is 0.0756. The second kappa shape index (κ2) is 8.11. The van der Waals surface area contributed by atoms with E-state index >= 15 is 0 Å². The third-order valence-corrected chi connectivity index (χ3v) is 5.79. The molecular formula is C21H30NO4+. The van der Waals surface area contributed by atoms with Gasteiger partial charge in [-0.3, -0.25) is 4.79 Å². The summed E-state index contributed by atoms with van der Waals surface area (Å²) < 4.78 is 18.7. The second-order valence-corrected chi connectivity index (χ2v) is 7.15. The van der Waals surface area contributed by atoms with Crippen LogP contribution in [0, 0.1) is 11.8 Å². The van der Waals surface area contributed by atoms with Gasteiger partial charge in [0, 0.05) is 30.7 Å². The van der Waals surface area contributed by atoms with E-state index < -0.39 is 0 Å². The van der Waals surface area contributed by atoms with Gasteiger partial charge in [-0.05, 0) is 37.0 Å². The average Bonchev–Trinajstić information content (AvgIpc) is 2.66. The lowest BCUT2D eigenvalue weighted by Crippen LogP contribution is -2.42. The predicted molar refractivity (Wildman–Crippen MR) is 100 cm³/mol. The molecule has 0 fully saturated rings. The van der Waals surface area contributed by atoms with E-state index in [1.807, 2.05) is 6.92 Å². The first-order valence-electron chi connectivity index (χ1n) is 9.62. The van der Waals surface area contributed by atoms with Crippen molar-refractivity contribution < 1.29 is 23.6 Å². The number of carbonyl (C=O) groups excluding carboxylic acids is 1. The molecule has 2 aliphatic heterocycles. The maximum Gasteiger partial charge on any atom is 0.306 e. The number of benzene rings is 1. The van der Waals surface area contributed by atoms with Crippen LogP contribution < -0.4 is 9.47 Å². The largest absolute Gasteiger partial charge is 0.493 e. The molecule has 3 rings (SSSR count). The molecule has 1 aromatic rings. The molecule has 0 saturated heterocycles. The molecule has 2 aliphatic rings. The molecule has 5 heteroatoms. The third kappa shape index (κ3) is 3.57. The van der Waals surface area contributed by atoms with Crippen molar-refractivity contribution in [2.24, 2.45) is 11.8 Å². The minimum Gasteiger partial charge on any atom is -0.493 e. The lowest BCUT2D eigenvalue weighted by Gasteiger charge is -2.32. The standard InChI is InChI=1S/C21H30NO4/c1-5-14-13-22-8-7-15-10-19(24-3)20(25-4)12-17(15)18(22)9-16(14)11-21(23)26-6-2/h10,12,14,16H,5-9,11,13H2,1-4H3/q+1/t14-,16+/m1/s1. The maximum absolute atomic E-state index is 12.1. The van der Waals surface area contributed by atoms with Crippen LogP contribution in [0.1, 0.15) is 44.2 Å². The lowest BCUT2D eigenvalue weighted by atomic mass is 9.77. The van der Waals surface area contributed by atoms with E-state index in [-0.39, 0.29) is 5.97 Å². The van der Waals surface area contributed by atoms with Crippen molar-refractivity contribution in [2.75, 3.05) is 33.9 Å². The van der Waals surface area contributed by atoms with Gasteiger partial charge < -0.3 is 14.2 Å². The van der Waals surface area contributed by atoms with E-state index in [0.717, 1.165) is 43.9 Å². The lowest BCUT2D eigenvalue weighted by molar-refractivity contribution is -0.543. The van der Waals surface area contributed by atoms with Crippen LogP contribution in [0.15, 0.2) is 12.1 Å². The number of rotatable bonds is 6. The molecule has 2 atom stereocenters. The summed E-state index contributed by atoms with van der Waals surface area (Å²) in [4.78, 5) is 12.1. The molecule has 142 valence electrons. The van der Waals surface area contributed by atoms with Crippen molar-refractivity contribution in [1.29, 1.82) is 0 Å². The Balaban J connectivity index is 1.93. The summed E-state index contributed by atoms with van der Waals surface area (Å²) in [6.07, 6.45) is 3.52. The molecule has 0 radical (unpaired) electrons. The van der Waals surface area contributed by atoms with E-state index in [9.17, 15) is 4.79 Å². The van der Waals surface area contributed by atoms with Crippen LogP contribution in [0.4, 0.5) is 0 Å².